The van der Waals surface area contributed by atoms with Gasteiger partial charge < -0.3 is 5.32 Å². The molecule has 0 bridgehead atoms. The molecule has 0 radical (unpaired) electrons. The minimum absolute atomic E-state index is 0.127. The Morgan fingerprint density at radius 2 is 2.00 bits per heavy atom. The molecule has 0 spiro atoms. The topological polar surface area (TPSA) is 70.6 Å². The molecule has 2 aromatic rings. The van der Waals surface area contributed by atoms with E-state index in [4.69, 9.17) is 12.2 Å². The molecule has 0 saturated carbocycles. The predicted octanol–water partition coefficient (Wildman–Crippen LogP) is 1.82. The molecule has 7 heteroatoms. The van der Waals surface area contributed by atoms with Crippen molar-refractivity contribution in [1.29, 1.82) is 0 Å². The first-order valence-electron chi connectivity index (χ1n) is 7.31. The van der Waals surface area contributed by atoms with E-state index in [1.54, 1.807) is 6.21 Å². The molecule has 2 N–H and O–H groups in total. The van der Waals surface area contributed by atoms with Gasteiger partial charge in [-0.3, -0.25) is 5.43 Å². The molecule has 2 aromatic carbocycles. The summed E-state index contributed by atoms with van der Waals surface area (Å²) in [7, 11) is -2.92. The molecule has 1 atom stereocenters. The van der Waals surface area contributed by atoms with Gasteiger partial charge in [0.1, 0.15) is 0 Å². The van der Waals surface area contributed by atoms with Crippen molar-refractivity contribution in [2.24, 2.45) is 5.10 Å². The molecule has 0 unspecified atom stereocenters. The fraction of sp³-hybridized carbons (Fsp3) is 0.250. The van der Waals surface area contributed by atoms with Crippen molar-refractivity contribution in [3.05, 3.63) is 48.0 Å². The third-order valence-electron chi connectivity index (χ3n) is 3.76. The second kappa shape index (κ2) is 6.64. The van der Waals surface area contributed by atoms with E-state index in [2.05, 4.69) is 15.8 Å². The first-order valence-corrected chi connectivity index (χ1v) is 9.54. The number of thiocarbonyl (C=S) groups is 1. The SMILES string of the molecule is O=S1(=O)CC[C@H](NC(=S)N/N=C\c2cccc3ccccc23)C1. The fourth-order valence-electron chi connectivity index (χ4n) is 2.65. The van der Waals surface area contributed by atoms with E-state index in [0.717, 1.165) is 16.3 Å². The molecule has 0 amide bonds. The highest BCUT2D eigenvalue weighted by Gasteiger charge is 2.28. The highest BCUT2D eigenvalue weighted by Crippen LogP contribution is 2.16. The van der Waals surface area contributed by atoms with Gasteiger partial charge in [-0.2, -0.15) is 5.10 Å². The summed E-state index contributed by atoms with van der Waals surface area (Å²) in [5, 5.41) is 9.72. The first kappa shape index (κ1) is 15.9. The minimum atomic E-state index is -2.92. The lowest BCUT2D eigenvalue weighted by Gasteiger charge is -2.12. The zero-order valence-corrected chi connectivity index (χ0v) is 14.0. The van der Waals surface area contributed by atoms with E-state index in [0.29, 0.717) is 11.5 Å². The lowest BCUT2D eigenvalue weighted by molar-refractivity contribution is 0.600. The highest BCUT2D eigenvalue weighted by atomic mass is 32.2. The summed E-state index contributed by atoms with van der Waals surface area (Å²) in [5.74, 6) is 0.342. The van der Waals surface area contributed by atoms with Gasteiger partial charge in [-0.05, 0) is 29.4 Å². The van der Waals surface area contributed by atoms with Crippen LogP contribution in [0.2, 0.25) is 0 Å². The summed E-state index contributed by atoms with van der Waals surface area (Å²) in [4.78, 5) is 0. The highest BCUT2D eigenvalue weighted by molar-refractivity contribution is 7.91. The number of hydrogen-bond acceptors (Lipinski definition) is 4. The summed E-state index contributed by atoms with van der Waals surface area (Å²) < 4.78 is 22.8. The van der Waals surface area contributed by atoms with Crippen molar-refractivity contribution in [2.45, 2.75) is 12.5 Å². The molecular weight excluding hydrogens is 330 g/mol. The van der Waals surface area contributed by atoms with Gasteiger partial charge in [0.05, 0.1) is 17.7 Å². The third kappa shape index (κ3) is 4.05. The fourth-order valence-corrected chi connectivity index (χ4v) is 4.54. The van der Waals surface area contributed by atoms with Gasteiger partial charge in [0.15, 0.2) is 14.9 Å². The number of rotatable bonds is 3. The largest absolute Gasteiger partial charge is 0.358 e. The van der Waals surface area contributed by atoms with E-state index in [-0.39, 0.29) is 17.5 Å². The lowest BCUT2D eigenvalue weighted by atomic mass is 10.1. The molecule has 1 heterocycles. The Hall–Kier alpha value is -1.99. The van der Waals surface area contributed by atoms with Crippen LogP contribution >= 0.6 is 12.2 Å². The van der Waals surface area contributed by atoms with Crippen LogP contribution in [0.25, 0.3) is 10.8 Å². The first-order chi connectivity index (χ1) is 11.0. The number of sulfone groups is 1. The number of nitrogens with zero attached hydrogens (tertiary/aromatic N) is 1. The van der Waals surface area contributed by atoms with Crippen LogP contribution in [0.15, 0.2) is 47.6 Å². The molecule has 3 rings (SSSR count). The number of benzene rings is 2. The standard InChI is InChI=1S/C16H17N3O2S2/c20-23(21)9-8-14(11-23)18-16(22)19-17-10-13-6-3-5-12-4-1-2-7-15(12)13/h1-7,10,14H,8-9,11H2,(H2,18,19,22)/b17-10-/t14-/m0/s1. The van der Waals surface area contributed by atoms with Crippen LogP contribution in [0.5, 0.6) is 0 Å². The number of hydrogen-bond donors (Lipinski definition) is 2. The summed E-state index contributed by atoms with van der Waals surface area (Å²) in [6.45, 7) is 0. The Labute approximate surface area is 140 Å². The zero-order chi connectivity index (χ0) is 16.3. The Morgan fingerprint density at radius 1 is 1.22 bits per heavy atom. The van der Waals surface area contributed by atoms with E-state index in [1.807, 2.05) is 42.5 Å². The Balaban J connectivity index is 1.61. The van der Waals surface area contributed by atoms with E-state index < -0.39 is 9.84 Å². The second-order valence-corrected chi connectivity index (χ2v) is 8.15. The Morgan fingerprint density at radius 3 is 2.78 bits per heavy atom. The van der Waals surface area contributed by atoms with Gasteiger partial charge in [0, 0.05) is 11.6 Å². The molecule has 0 aliphatic carbocycles. The van der Waals surface area contributed by atoms with Gasteiger partial charge in [-0.25, -0.2) is 8.42 Å². The van der Waals surface area contributed by atoms with Crippen molar-refractivity contribution >= 4 is 44.2 Å². The van der Waals surface area contributed by atoms with Crippen molar-refractivity contribution in [3.8, 4) is 0 Å². The summed E-state index contributed by atoms with van der Waals surface area (Å²) in [5.41, 5.74) is 3.73. The van der Waals surface area contributed by atoms with Crippen molar-refractivity contribution in [1.82, 2.24) is 10.7 Å². The molecule has 1 saturated heterocycles. The van der Waals surface area contributed by atoms with E-state index in [1.165, 1.54) is 0 Å². The van der Waals surface area contributed by atoms with Crippen molar-refractivity contribution in [3.63, 3.8) is 0 Å². The van der Waals surface area contributed by atoms with Crippen LogP contribution in [0, 0.1) is 0 Å². The third-order valence-corrected chi connectivity index (χ3v) is 5.74. The average Bonchev–Trinajstić information content (AvgIpc) is 2.86. The van der Waals surface area contributed by atoms with E-state index in [9.17, 15) is 8.42 Å². The van der Waals surface area contributed by atoms with Gasteiger partial charge in [0.2, 0.25) is 0 Å². The van der Waals surface area contributed by atoms with E-state index >= 15 is 0 Å². The Kier molecular flexibility index (Phi) is 4.58. The molecule has 23 heavy (non-hydrogen) atoms. The van der Waals surface area contributed by atoms with Gasteiger partial charge in [-0.1, -0.05) is 42.5 Å². The lowest BCUT2D eigenvalue weighted by Crippen LogP contribution is -2.40. The summed E-state index contributed by atoms with van der Waals surface area (Å²) in [6.07, 6.45) is 2.29. The maximum atomic E-state index is 11.4. The monoisotopic (exact) mass is 347 g/mol. The summed E-state index contributed by atoms with van der Waals surface area (Å²) in [6, 6.07) is 13.9. The van der Waals surface area contributed by atoms with Crippen molar-refractivity contribution < 1.29 is 8.42 Å². The number of hydrazone groups is 1. The van der Waals surface area contributed by atoms with Crippen LogP contribution in [-0.2, 0) is 9.84 Å². The molecule has 1 aliphatic heterocycles. The summed E-state index contributed by atoms with van der Waals surface area (Å²) >= 11 is 5.15. The molecule has 5 nitrogen and oxygen atoms in total. The van der Waals surface area contributed by atoms with Crippen LogP contribution in [0.3, 0.4) is 0 Å². The van der Waals surface area contributed by atoms with Gasteiger partial charge in [-0.15, -0.1) is 0 Å². The quantitative estimate of drug-likeness (QED) is 0.504. The average molecular weight is 347 g/mol. The smallest absolute Gasteiger partial charge is 0.187 e. The zero-order valence-electron chi connectivity index (χ0n) is 12.4. The van der Waals surface area contributed by atoms with Crippen LogP contribution < -0.4 is 10.7 Å². The minimum Gasteiger partial charge on any atom is -0.358 e. The molecule has 0 aromatic heterocycles. The van der Waals surface area contributed by atoms with Crippen LogP contribution in [0.4, 0.5) is 0 Å². The predicted molar refractivity (Wildman–Crippen MR) is 97.5 cm³/mol. The molecular formula is C16H17N3O2S2. The number of fused-ring (bicyclic) bond motifs is 1. The molecule has 1 aliphatic rings. The van der Waals surface area contributed by atoms with Crippen molar-refractivity contribution in [2.75, 3.05) is 11.5 Å². The number of nitrogens with one attached hydrogen (secondary N) is 2. The van der Waals surface area contributed by atoms with Crippen LogP contribution in [-0.4, -0.2) is 37.3 Å². The maximum absolute atomic E-state index is 11.4. The Bertz CT molecular complexity index is 857. The normalized spacial score (nSPS) is 19.9. The van der Waals surface area contributed by atoms with Crippen LogP contribution in [0.1, 0.15) is 12.0 Å². The maximum Gasteiger partial charge on any atom is 0.187 e. The van der Waals surface area contributed by atoms with Gasteiger partial charge in [0.25, 0.3) is 0 Å². The molecule has 120 valence electrons. The second-order valence-electron chi connectivity index (χ2n) is 5.51. The molecule has 1 fully saturated rings. The van der Waals surface area contributed by atoms with Gasteiger partial charge >= 0.3 is 0 Å².